The van der Waals surface area contributed by atoms with Gasteiger partial charge in [-0.15, -0.1) is 0 Å². The summed E-state index contributed by atoms with van der Waals surface area (Å²) in [4.78, 5) is 0. The van der Waals surface area contributed by atoms with Crippen molar-refractivity contribution < 1.29 is 13.2 Å². The Morgan fingerprint density at radius 1 is 1.15 bits per heavy atom. The van der Waals surface area contributed by atoms with Crippen molar-refractivity contribution in [2.75, 3.05) is 0 Å². The summed E-state index contributed by atoms with van der Waals surface area (Å²) in [5.41, 5.74) is 0.450. The van der Waals surface area contributed by atoms with Gasteiger partial charge in [-0.3, -0.25) is 0 Å². The summed E-state index contributed by atoms with van der Waals surface area (Å²) < 4.78 is 38.9. The molecule has 1 rings (SSSR count). The maximum atomic E-state index is 13.1. The molecule has 1 aromatic carbocycles. The summed E-state index contributed by atoms with van der Waals surface area (Å²) in [6.07, 6.45) is 0. The lowest BCUT2D eigenvalue weighted by Gasteiger charge is -2.15. The molecule has 13 heavy (non-hydrogen) atoms. The van der Waals surface area contributed by atoms with E-state index in [0.29, 0.717) is 18.1 Å². The molecule has 0 atom stereocenters. The molecule has 72 valence electrons. The zero-order valence-corrected chi connectivity index (χ0v) is 7.79. The van der Waals surface area contributed by atoms with Gasteiger partial charge in [0.05, 0.1) is 5.56 Å². The second kappa shape index (κ2) is 3.05. The van der Waals surface area contributed by atoms with Crippen LogP contribution in [0.1, 0.15) is 23.6 Å². The standard InChI is InChI=1S/C10H11F3/c1-6-4-7(2)9(8(11)5-6)10(3,12)13/h4-5H,1-3H3. The van der Waals surface area contributed by atoms with Gasteiger partial charge in [-0.05, 0) is 31.0 Å². The smallest absolute Gasteiger partial charge is 0.206 e. The van der Waals surface area contributed by atoms with Gasteiger partial charge in [0.1, 0.15) is 5.82 Å². The molecule has 0 aliphatic carbocycles. The van der Waals surface area contributed by atoms with Crippen LogP contribution >= 0.6 is 0 Å². The van der Waals surface area contributed by atoms with Gasteiger partial charge in [0.2, 0.25) is 0 Å². The molecular weight excluding hydrogens is 177 g/mol. The van der Waals surface area contributed by atoms with Gasteiger partial charge in [0.15, 0.2) is 0 Å². The van der Waals surface area contributed by atoms with Crippen molar-refractivity contribution in [3.8, 4) is 0 Å². The Kier molecular flexibility index (Phi) is 2.37. The first-order valence-electron chi connectivity index (χ1n) is 3.97. The number of halogens is 3. The molecule has 0 spiro atoms. The molecule has 3 heteroatoms. The molecule has 0 saturated carbocycles. The van der Waals surface area contributed by atoms with Gasteiger partial charge in [0, 0.05) is 6.92 Å². The van der Waals surface area contributed by atoms with Crippen LogP contribution in [0.25, 0.3) is 0 Å². The first kappa shape index (κ1) is 10.1. The van der Waals surface area contributed by atoms with E-state index >= 15 is 0 Å². The lowest BCUT2D eigenvalue weighted by Crippen LogP contribution is -2.12. The number of rotatable bonds is 1. The Balaban J connectivity index is 3.38. The monoisotopic (exact) mass is 188 g/mol. The molecule has 0 aliphatic rings. The third-order valence-corrected chi connectivity index (χ3v) is 1.87. The third kappa shape index (κ3) is 2.02. The molecule has 0 aliphatic heterocycles. The molecule has 0 amide bonds. The number of aryl methyl sites for hydroxylation is 2. The average molecular weight is 188 g/mol. The lowest BCUT2D eigenvalue weighted by atomic mass is 10.0. The Morgan fingerprint density at radius 2 is 1.69 bits per heavy atom. The van der Waals surface area contributed by atoms with Crippen molar-refractivity contribution in [3.05, 3.63) is 34.6 Å². The summed E-state index contributed by atoms with van der Waals surface area (Å²) in [5.74, 6) is -3.94. The molecule has 0 fully saturated rings. The molecular formula is C10H11F3. The van der Waals surface area contributed by atoms with Crippen LogP contribution < -0.4 is 0 Å². The van der Waals surface area contributed by atoms with Crippen LogP contribution in [0.3, 0.4) is 0 Å². The van der Waals surface area contributed by atoms with Crippen LogP contribution in [0.2, 0.25) is 0 Å². The van der Waals surface area contributed by atoms with Crippen molar-refractivity contribution in [3.63, 3.8) is 0 Å². The van der Waals surface area contributed by atoms with E-state index in [1.165, 1.54) is 6.92 Å². The maximum absolute atomic E-state index is 13.1. The lowest BCUT2D eigenvalue weighted by molar-refractivity contribution is 0.0131. The Labute approximate surface area is 75.4 Å². The fourth-order valence-electron chi connectivity index (χ4n) is 1.47. The van der Waals surface area contributed by atoms with Gasteiger partial charge in [-0.1, -0.05) is 6.07 Å². The zero-order chi connectivity index (χ0) is 10.2. The maximum Gasteiger partial charge on any atom is 0.273 e. The second-order valence-corrected chi connectivity index (χ2v) is 3.33. The van der Waals surface area contributed by atoms with Crippen molar-refractivity contribution >= 4 is 0 Å². The van der Waals surface area contributed by atoms with Gasteiger partial charge in [-0.2, -0.15) is 0 Å². The van der Waals surface area contributed by atoms with Crippen LogP contribution in [-0.2, 0) is 5.92 Å². The van der Waals surface area contributed by atoms with E-state index in [1.807, 2.05) is 0 Å². The normalized spacial score (nSPS) is 11.8. The highest BCUT2D eigenvalue weighted by atomic mass is 19.3. The fraction of sp³-hybridized carbons (Fsp3) is 0.400. The van der Waals surface area contributed by atoms with Gasteiger partial charge in [0.25, 0.3) is 5.92 Å². The van der Waals surface area contributed by atoms with E-state index in [9.17, 15) is 13.2 Å². The molecule has 0 heterocycles. The highest BCUT2D eigenvalue weighted by Crippen LogP contribution is 2.32. The molecule has 0 bridgehead atoms. The predicted octanol–water partition coefficient (Wildman–Crippen LogP) is 3.55. The fourth-order valence-corrected chi connectivity index (χ4v) is 1.47. The second-order valence-electron chi connectivity index (χ2n) is 3.33. The molecule has 1 aromatic rings. The van der Waals surface area contributed by atoms with Crippen LogP contribution in [0.5, 0.6) is 0 Å². The topological polar surface area (TPSA) is 0 Å². The zero-order valence-electron chi connectivity index (χ0n) is 7.79. The largest absolute Gasteiger partial charge is 0.273 e. The number of hydrogen-bond donors (Lipinski definition) is 0. The third-order valence-electron chi connectivity index (χ3n) is 1.87. The summed E-state index contributed by atoms with van der Waals surface area (Å²) in [5, 5.41) is 0. The van der Waals surface area contributed by atoms with E-state index in [2.05, 4.69) is 0 Å². The first-order valence-corrected chi connectivity index (χ1v) is 3.97. The molecule has 0 radical (unpaired) electrons. The SMILES string of the molecule is Cc1cc(C)c(C(C)(F)F)c(F)c1. The van der Waals surface area contributed by atoms with Crippen LogP contribution in [0.4, 0.5) is 13.2 Å². The molecule has 0 unspecified atom stereocenters. The highest BCUT2D eigenvalue weighted by molar-refractivity contribution is 5.34. The van der Waals surface area contributed by atoms with Crippen molar-refractivity contribution in [1.82, 2.24) is 0 Å². The summed E-state index contributed by atoms with van der Waals surface area (Å²) in [6, 6.07) is 2.68. The average Bonchev–Trinajstić information content (AvgIpc) is 1.78. The van der Waals surface area contributed by atoms with E-state index in [1.54, 1.807) is 13.0 Å². The van der Waals surface area contributed by atoms with Crippen molar-refractivity contribution in [2.45, 2.75) is 26.7 Å². The number of hydrogen-bond acceptors (Lipinski definition) is 0. The van der Waals surface area contributed by atoms with Gasteiger partial charge >= 0.3 is 0 Å². The minimum atomic E-state index is -3.11. The highest BCUT2D eigenvalue weighted by Gasteiger charge is 2.30. The van der Waals surface area contributed by atoms with Crippen molar-refractivity contribution in [2.24, 2.45) is 0 Å². The summed E-state index contributed by atoms with van der Waals surface area (Å²) in [7, 11) is 0. The Hall–Kier alpha value is -0.990. The van der Waals surface area contributed by atoms with Crippen LogP contribution in [0.15, 0.2) is 12.1 Å². The van der Waals surface area contributed by atoms with Gasteiger partial charge in [-0.25, -0.2) is 13.2 Å². The van der Waals surface area contributed by atoms with E-state index < -0.39 is 17.3 Å². The minimum absolute atomic E-state index is 0.296. The Bertz CT molecular complexity index is 300. The molecule has 0 aromatic heterocycles. The van der Waals surface area contributed by atoms with Gasteiger partial charge < -0.3 is 0 Å². The Morgan fingerprint density at radius 3 is 2.08 bits per heavy atom. The van der Waals surface area contributed by atoms with Crippen LogP contribution in [0, 0.1) is 19.7 Å². The first-order chi connectivity index (χ1) is 5.82. The van der Waals surface area contributed by atoms with E-state index in [4.69, 9.17) is 0 Å². The molecule has 0 N–H and O–H groups in total. The van der Waals surface area contributed by atoms with Crippen molar-refractivity contribution in [1.29, 1.82) is 0 Å². The van der Waals surface area contributed by atoms with E-state index in [-0.39, 0.29) is 0 Å². The minimum Gasteiger partial charge on any atom is -0.206 e. The number of alkyl halides is 2. The quantitative estimate of drug-likeness (QED) is 0.632. The number of benzene rings is 1. The van der Waals surface area contributed by atoms with Crippen LogP contribution in [-0.4, -0.2) is 0 Å². The summed E-state index contributed by atoms with van der Waals surface area (Å²) in [6.45, 7) is 3.87. The molecule has 0 saturated heterocycles. The summed E-state index contributed by atoms with van der Waals surface area (Å²) >= 11 is 0. The predicted molar refractivity (Wildman–Crippen MR) is 45.4 cm³/mol. The van der Waals surface area contributed by atoms with E-state index in [0.717, 1.165) is 6.07 Å². The molecule has 0 nitrogen and oxygen atoms in total.